The predicted octanol–water partition coefficient (Wildman–Crippen LogP) is 3.87. The van der Waals surface area contributed by atoms with E-state index >= 15 is 0 Å². The van der Waals surface area contributed by atoms with Crippen LogP contribution in [0.15, 0.2) is 42.5 Å². The highest BCUT2D eigenvalue weighted by Gasteiger charge is 2.21. The quantitative estimate of drug-likeness (QED) is 0.510. The van der Waals surface area contributed by atoms with Crippen molar-refractivity contribution >= 4 is 27.0 Å². The third-order valence-corrected chi connectivity index (χ3v) is 6.97. The van der Waals surface area contributed by atoms with E-state index < -0.39 is 16.1 Å². The van der Waals surface area contributed by atoms with Gasteiger partial charge in [-0.3, -0.25) is 4.79 Å². The van der Waals surface area contributed by atoms with Crippen molar-refractivity contribution in [2.45, 2.75) is 33.1 Å². The molecule has 0 aliphatic carbocycles. The Labute approximate surface area is 187 Å². The molecule has 9 heteroatoms. The number of aromatic amines is 1. The standard InChI is InChI=1S/C23H25FN4O3S/c1-3-28(4-2)32(30,31)27-22(29)7-5-6-19-20-14-16(15-25)8-13-21(20)26-23(19)17-9-11-18(24)12-10-17/h8-14,26H,3-7H2,1-2H3,(H,27,29). The molecule has 0 aliphatic rings. The first-order valence-corrected chi connectivity index (χ1v) is 11.8. The molecule has 0 spiro atoms. The van der Waals surface area contributed by atoms with Crippen LogP contribution in [0.2, 0.25) is 0 Å². The minimum absolute atomic E-state index is 0.0218. The monoisotopic (exact) mass is 456 g/mol. The number of fused-ring (bicyclic) bond motifs is 1. The van der Waals surface area contributed by atoms with Crippen LogP contribution in [0.1, 0.15) is 37.8 Å². The lowest BCUT2D eigenvalue weighted by Gasteiger charge is -2.18. The van der Waals surface area contributed by atoms with Crippen LogP contribution >= 0.6 is 0 Å². The number of H-pyrrole nitrogens is 1. The van der Waals surface area contributed by atoms with E-state index in [1.165, 1.54) is 16.4 Å². The molecule has 0 bridgehead atoms. The summed E-state index contributed by atoms with van der Waals surface area (Å²) in [5, 5.41) is 10.1. The molecule has 0 atom stereocenters. The average Bonchev–Trinajstić information content (AvgIpc) is 3.12. The van der Waals surface area contributed by atoms with Crippen LogP contribution in [-0.4, -0.2) is 36.7 Å². The first-order chi connectivity index (χ1) is 15.3. The van der Waals surface area contributed by atoms with Crippen molar-refractivity contribution < 1.29 is 17.6 Å². The first kappa shape index (κ1) is 23.4. The summed E-state index contributed by atoms with van der Waals surface area (Å²) in [6.07, 6.45) is 0.895. The lowest BCUT2D eigenvalue weighted by atomic mass is 9.99. The fourth-order valence-electron chi connectivity index (χ4n) is 3.69. The molecule has 1 heterocycles. The Balaban J connectivity index is 1.83. The Morgan fingerprint density at radius 1 is 1.16 bits per heavy atom. The molecule has 2 aromatic carbocycles. The van der Waals surface area contributed by atoms with Crippen LogP contribution in [0.4, 0.5) is 4.39 Å². The minimum Gasteiger partial charge on any atom is -0.354 e. The van der Waals surface area contributed by atoms with E-state index in [4.69, 9.17) is 0 Å². The molecule has 3 aromatic rings. The lowest BCUT2D eigenvalue weighted by molar-refractivity contribution is -0.119. The number of rotatable bonds is 9. The molecule has 168 valence electrons. The third-order valence-electron chi connectivity index (χ3n) is 5.29. The van der Waals surface area contributed by atoms with Crippen LogP contribution < -0.4 is 4.72 Å². The molecule has 0 fully saturated rings. The summed E-state index contributed by atoms with van der Waals surface area (Å²) in [4.78, 5) is 15.6. The highest BCUT2D eigenvalue weighted by atomic mass is 32.2. The van der Waals surface area contributed by atoms with Crippen LogP contribution in [0.25, 0.3) is 22.2 Å². The predicted molar refractivity (Wildman–Crippen MR) is 121 cm³/mol. The Kier molecular flexibility index (Phi) is 7.28. The van der Waals surface area contributed by atoms with Crippen molar-refractivity contribution in [2.24, 2.45) is 0 Å². The lowest BCUT2D eigenvalue weighted by Crippen LogP contribution is -2.43. The minimum atomic E-state index is -3.85. The van der Waals surface area contributed by atoms with Gasteiger partial charge in [0.2, 0.25) is 5.91 Å². The Morgan fingerprint density at radius 2 is 1.84 bits per heavy atom. The second-order valence-electron chi connectivity index (χ2n) is 7.33. The summed E-state index contributed by atoms with van der Waals surface area (Å²) in [5.74, 6) is -0.915. The zero-order valence-electron chi connectivity index (χ0n) is 18.0. The van der Waals surface area contributed by atoms with E-state index in [1.807, 2.05) is 6.07 Å². The number of aromatic nitrogens is 1. The number of carbonyl (C=O) groups excluding carboxylic acids is 1. The summed E-state index contributed by atoms with van der Waals surface area (Å²) in [5.41, 5.74) is 3.79. The Morgan fingerprint density at radius 3 is 2.47 bits per heavy atom. The van der Waals surface area contributed by atoms with Gasteiger partial charge in [0.25, 0.3) is 0 Å². The highest BCUT2D eigenvalue weighted by molar-refractivity contribution is 7.87. The SMILES string of the molecule is CCN(CC)S(=O)(=O)NC(=O)CCCc1c(-c2ccc(F)cc2)[nH]c2ccc(C#N)cc12. The summed E-state index contributed by atoms with van der Waals surface area (Å²) in [6.45, 7) is 3.96. The van der Waals surface area contributed by atoms with Crippen molar-refractivity contribution in [3.05, 3.63) is 59.4 Å². The van der Waals surface area contributed by atoms with Crippen molar-refractivity contribution in [1.82, 2.24) is 14.0 Å². The van der Waals surface area contributed by atoms with E-state index in [0.717, 1.165) is 27.7 Å². The summed E-state index contributed by atoms with van der Waals surface area (Å²) >= 11 is 0. The van der Waals surface area contributed by atoms with Gasteiger partial charge >= 0.3 is 10.2 Å². The van der Waals surface area contributed by atoms with E-state index in [2.05, 4.69) is 15.8 Å². The molecule has 0 radical (unpaired) electrons. The maximum absolute atomic E-state index is 13.4. The van der Waals surface area contributed by atoms with Gasteiger partial charge in [-0.25, -0.2) is 9.11 Å². The summed E-state index contributed by atoms with van der Waals surface area (Å²) < 4.78 is 41.2. The highest BCUT2D eigenvalue weighted by Crippen LogP contribution is 2.32. The summed E-state index contributed by atoms with van der Waals surface area (Å²) in [7, 11) is -3.85. The molecule has 2 N–H and O–H groups in total. The van der Waals surface area contributed by atoms with Crippen LogP contribution in [0.3, 0.4) is 0 Å². The van der Waals surface area contributed by atoms with Gasteiger partial charge in [-0.1, -0.05) is 13.8 Å². The molecule has 0 saturated carbocycles. The van der Waals surface area contributed by atoms with Gasteiger partial charge < -0.3 is 4.98 Å². The fourth-order valence-corrected chi connectivity index (χ4v) is 4.89. The van der Waals surface area contributed by atoms with Crippen molar-refractivity contribution in [2.75, 3.05) is 13.1 Å². The molecule has 32 heavy (non-hydrogen) atoms. The van der Waals surface area contributed by atoms with E-state index in [9.17, 15) is 22.9 Å². The normalized spacial score (nSPS) is 11.6. The zero-order chi connectivity index (χ0) is 23.3. The van der Waals surface area contributed by atoms with Gasteiger partial charge in [0.15, 0.2) is 0 Å². The number of nitriles is 1. The van der Waals surface area contributed by atoms with E-state index in [-0.39, 0.29) is 25.3 Å². The van der Waals surface area contributed by atoms with Gasteiger partial charge in [0.1, 0.15) is 5.82 Å². The molecule has 1 aromatic heterocycles. The Bertz CT molecular complexity index is 1260. The number of hydrogen-bond acceptors (Lipinski definition) is 4. The number of amides is 1. The third kappa shape index (κ3) is 5.15. The molecule has 0 aliphatic heterocycles. The molecule has 0 unspecified atom stereocenters. The van der Waals surface area contributed by atoms with Crippen LogP contribution in [0, 0.1) is 17.1 Å². The Hall–Kier alpha value is -3.22. The maximum atomic E-state index is 13.4. The molecule has 1 amide bonds. The topological polar surface area (TPSA) is 106 Å². The van der Waals surface area contributed by atoms with Gasteiger partial charge in [0, 0.05) is 36.1 Å². The maximum Gasteiger partial charge on any atom is 0.303 e. The molecule has 0 saturated heterocycles. The number of carbonyl (C=O) groups is 1. The number of hydrogen-bond donors (Lipinski definition) is 2. The average molecular weight is 457 g/mol. The van der Waals surface area contributed by atoms with Crippen molar-refractivity contribution in [3.63, 3.8) is 0 Å². The number of halogens is 1. The van der Waals surface area contributed by atoms with E-state index in [0.29, 0.717) is 18.4 Å². The van der Waals surface area contributed by atoms with Gasteiger partial charge in [-0.15, -0.1) is 0 Å². The van der Waals surface area contributed by atoms with Crippen LogP contribution in [0.5, 0.6) is 0 Å². The summed E-state index contributed by atoms with van der Waals surface area (Å²) in [6, 6.07) is 13.5. The zero-order valence-corrected chi connectivity index (χ0v) is 18.8. The largest absolute Gasteiger partial charge is 0.354 e. The van der Waals surface area contributed by atoms with E-state index in [1.54, 1.807) is 38.1 Å². The molecule has 3 rings (SSSR count). The van der Waals surface area contributed by atoms with Crippen molar-refractivity contribution in [1.29, 1.82) is 5.26 Å². The number of nitrogens with zero attached hydrogens (tertiary/aromatic N) is 2. The number of benzene rings is 2. The van der Waals surface area contributed by atoms with Gasteiger partial charge in [0.05, 0.1) is 11.6 Å². The first-order valence-electron chi connectivity index (χ1n) is 10.4. The van der Waals surface area contributed by atoms with Gasteiger partial charge in [-0.2, -0.15) is 18.0 Å². The molecular weight excluding hydrogens is 431 g/mol. The number of nitrogens with one attached hydrogen (secondary N) is 2. The second kappa shape index (κ2) is 9.94. The van der Waals surface area contributed by atoms with Crippen LogP contribution in [-0.2, 0) is 21.4 Å². The molecule has 7 nitrogen and oxygen atoms in total. The molecular formula is C23H25FN4O3S. The van der Waals surface area contributed by atoms with Crippen molar-refractivity contribution in [3.8, 4) is 17.3 Å². The van der Waals surface area contributed by atoms with Gasteiger partial charge in [-0.05, 0) is 66.4 Å². The number of aryl methyl sites for hydroxylation is 1. The smallest absolute Gasteiger partial charge is 0.303 e. The second-order valence-corrected chi connectivity index (χ2v) is 9.00. The fraction of sp³-hybridized carbons (Fsp3) is 0.304.